The largest absolute Gasteiger partial charge is 0.297 e. The lowest BCUT2D eigenvalue weighted by atomic mass is 10.2. The van der Waals surface area contributed by atoms with Gasteiger partial charge in [0.15, 0.2) is 5.78 Å². The predicted octanol–water partition coefficient (Wildman–Crippen LogP) is 2.50. The summed E-state index contributed by atoms with van der Waals surface area (Å²) in [5, 5.41) is 0.416. The molecule has 0 aromatic carbocycles. The lowest BCUT2D eigenvalue weighted by molar-refractivity contribution is -0.115. The lowest BCUT2D eigenvalue weighted by Gasteiger charge is -2.07. The van der Waals surface area contributed by atoms with Gasteiger partial charge in [0.05, 0.1) is 10.2 Å². The Labute approximate surface area is 80.0 Å². The zero-order valence-corrected chi connectivity index (χ0v) is 9.66. The molecular weight excluding hydrogens is 316 g/mol. The highest BCUT2D eigenvalue weighted by atomic mass is 79.9. The van der Waals surface area contributed by atoms with Crippen molar-refractivity contribution in [2.24, 2.45) is 0 Å². The van der Waals surface area contributed by atoms with Crippen LogP contribution in [-0.2, 0) is 4.79 Å². The van der Waals surface area contributed by atoms with Gasteiger partial charge < -0.3 is 0 Å². The maximum absolute atomic E-state index is 10.8. The summed E-state index contributed by atoms with van der Waals surface area (Å²) in [7, 11) is 0. The maximum Gasteiger partial charge on any atom is 0.158 e. The average Bonchev–Trinajstić information content (AvgIpc) is 1.84. The molecule has 0 aliphatic heterocycles. The summed E-state index contributed by atoms with van der Waals surface area (Å²) in [5.41, 5.74) is 0. The van der Waals surface area contributed by atoms with Crippen LogP contribution >= 0.6 is 47.8 Å². The average molecular weight is 323 g/mol. The molecule has 0 amide bonds. The first-order valence-corrected chi connectivity index (χ1v) is 5.41. The van der Waals surface area contributed by atoms with Gasteiger partial charge in [-0.1, -0.05) is 54.7 Å². The molecule has 1 nitrogen and oxygen atoms in total. The van der Waals surface area contributed by atoms with Gasteiger partial charge in [-0.05, 0) is 0 Å². The number of hydrogen-bond acceptors (Lipinski definition) is 1. The molecule has 0 spiro atoms. The third kappa shape index (κ3) is 3.73. The fourth-order valence-corrected chi connectivity index (χ4v) is 1.57. The molecule has 0 aliphatic rings. The Bertz CT molecular complexity index is 102. The van der Waals surface area contributed by atoms with E-state index in [4.69, 9.17) is 0 Å². The Balaban J connectivity index is 3.72. The van der Waals surface area contributed by atoms with Gasteiger partial charge in [0.1, 0.15) is 0 Å². The maximum atomic E-state index is 10.8. The van der Waals surface area contributed by atoms with E-state index in [2.05, 4.69) is 47.8 Å². The highest BCUT2D eigenvalue weighted by Crippen LogP contribution is 2.14. The van der Waals surface area contributed by atoms with Crippen LogP contribution in [0.5, 0.6) is 0 Å². The van der Waals surface area contributed by atoms with Crippen LogP contribution in [0.2, 0.25) is 0 Å². The molecule has 0 aliphatic carbocycles. The van der Waals surface area contributed by atoms with E-state index in [1.165, 1.54) is 0 Å². The number of halogens is 3. The van der Waals surface area contributed by atoms with Crippen LogP contribution in [0.15, 0.2) is 0 Å². The second-order valence-corrected chi connectivity index (χ2v) is 4.67. The first-order chi connectivity index (χ1) is 4.09. The molecule has 0 N–H and O–H groups in total. The molecule has 0 radical (unpaired) electrons. The number of carbonyl (C=O) groups is 1. The van der Waals surface area contributed by atoms with E-state index in [0.29, 0.717) is 5.33 Å². The van der Waals surface area contributed by atoms with E-state index in [0.717, 1.165) is 0 Å². The summed E-state index contributed by atoms with van der Waals surface area (Å²) in [6.07, 6.45) is 0. The topological polar surface area (TPSA) is 17.1 Å². The molecule has 0 fully saturated rings. The second-order valence-electron chi connectivity index (χ2n) is 1.68. The molecule has 0 heterocycles. The Kier molecular flexibility index (Phi) is 5.45. The summed E-state index contributed by atoms with van der Waals surface area (Å²) in [4.78, 5) is 11.0. The molecule has 2 unspecified atom stereocenters. The molecule has 0 saturated heterocycles. The van der Waals surface area contributed by atoms with Crippen molar-refractivity contribution >= 4 is 53.6 Å². The minimum absolute atomic E-state index is 0.0723. The van der Waals surface area contributed by atoms with Crippen molar-refractivity contribution in [2.45, 2.75) is 16.6 Å². The number of ketones is 1. The zero-order valence-electron chi connectivity index (χ0n) is 4.90. The van der Waals surface area contributed by atoms with Crippen molar-refractivity contribution in [3.8, 4) is 0 Å². The van der Waals surface area contributed by atoms with E-state index in [1.54, 1.807) is 0 Å². The molecule has 4 heteroatoms. The minimum atomic E-state index is -0.0723. The smallest absolute Gasteiger partial charge is 0.158 e. The second kappa shape index (κ2) is 4.85. The van der Waals surface area contributed by atoms with Crippen molar-refractivity contribution in [2.75, 3.05) is 5.33 Å². The van der Waals surface area contributed by atoms with Gasteiger partial charge in [-0.15, -0.1) is 0 Å². The van der Waals surface area contributed by atoms with Crippen molar-refractivity contribution in [3.05, 3.63) is 0 Å². The van der Waals surface area contributed by atoms with Gasteiger partial charge in [0, 0.05) is 4.83 Å². The van der Waals surface area contributed by atoms with E-state index in [-0.39, 0.29) is 15.4 Å². The Hall–Kier alpha value is 1.11. The summed E-state index contributed by atoms with van der Waals surface area (Å²) >= 11 is 9.62. The van der Waals surface area contributed by atoms with Crippen LogP contribution < -0.4 is 0 Å². The molecule has 0 aromatic rings. The van der Waals surface area contributed by atoms with E-state index >= 15 is 0 Å². The van der Waals surface area contributed by atoms with Crippen LogP contribution in [0.1, 0.15) is 6.92 Å². The molecule has 0 bridgehead atoms. The fourth-order valence-electron chi connectivity index (χ4n) is 0.330. The van der Waals surface area contributed by atoms with E-state index in [1.807, 2.05) is 6.92 Å². The van der Waals surface area contributed by atoms with Crippen LogP contribution in [-0.4, -0.2) is 20.8 Å². The summed E-state index contributed by atoms with van der Waals surface area (Å²) in [6.45, 7) is 1.93. The predicted molar refractivity (Wildman–Crippen MR) is 49.9 cm³/mol. The Morgan fingerprint density at radius 1 is 1.56 bits per heavy atom. The quantitative estimate of drug-likeness (QED) is 0.730. The van der Waals surface area contributed by atoms with Crippen LogP contribution in [0.4, 0.5) is 0 Å². The van der Waals surface area contributed by atoms with Gasteiger partial charge in [0.2, 0.25) is 0 Å². The molecule has 54 valence electrons. The van der Waals surface area contributed by atoms with Crippen LogP contribution in [0, 0.1) is 0 Å². The molecule has 0 saturated carbocycles. The third-order valence-electron chi connectivity index (χ3n) is 0.843. The van der Waals surface area contributed by atoms with Crippen molar-refractivity contribution < 1.29 is 4.79 Å². The number of Topliss-reactive ketones (excluding diaryl/α,β-unsaturated/α-hetero) is 1. The standard InChI is InChI=1S/C5H7Br3O/c1-3(7)5(8)4(9)2-6/h3,5H,2H2,1H3. The number of hydrogen-bond donors (Lipinski definition) is 0. The van der Waals surface area contributed by atoms with Gasteiger partial charge in [0.25, 0.3) is 0 Å². The fraction of sp³-hybridized carbons (Fsp3) is 0.800. The van der Waals surface area contributed by atoms with Gasteiger partial charge in [-0.3, -0.25) is 4.79 Å². The normalized spacial score (nSPS) is 16.9. The lowest BCUT2D eigenvalue weighted by Crippen LogP contribution is -2.22. The third-order valence-corrected chi connectivity index (χ3v) is 3.94. The van der Waals surface area contributed by atoms with Crippen molar-refractivity contribution in [1.82, 2.24) is 0 Å². The first kappa shape index (κ1) is 10.1. The Morgan fingerprint density at radius 2 is 2.00 bits per heavy atom. The number of rotatable bonds is 3. The highest BCUT2D eigenvalue weighted by molar-refractivity contribution is 9.12. The monoisotopic (exact) mass is 320 g/mol. The summed E-state index contributed by atoms with van der Waals surface area (Å²) < 4.78 is 0. The molecule has 2 atom stereocenters. The Morgan fingerprint density at radius 3 is 2.11 bits per heavy atom. The van der Waals surface area contributed by atoms with Crippen LogP contribution in [0.25, 0.3) is 0 Å². The van der Waals surface area contributed by atoms with Crippen LogP contribution in [0.3, 0.4) is 0 Å². The molecule has 0 aromatic heterocycles. The van der Waals surface area contributed by atoms with Crippen molar-refractivity contribution in [1.29, 1.82) is 0 Å². The highest BCUT2D eigenvalue weighted by Gasteiger charge is 2.17. The number of carbonyl (C=O) groups excluding carboxylic acids is 1. The molecular formula is C5H7Br3O. The minimum Gasteiger partial charge on any atom is -0.297 e. The zero-order chi connectivity index (χ0) is 7.44. The van der Waals surface area contributed by atoms with Crippen molar-refractivity contribution in [3.63, 3.8) is 0 Å². The van der Waals surface area contributed by atoms with E-state index in [9.17, 15) is 4.79 Å². The van der Waals surface area contributed by atoms with Gasteiger partial charge in [-0.25, -0.2) is 0 Å². The summed E-state index contributed by atoms with van der Waals surface area (Å²) in [5.74, 6) is 0.166. The van der Waals surface area contributed by atoms with E-state index < -0.39 is 0 Å². The summed E-state index contributed by atoms with van der Waals surface area (Å²) in [6, 6.07) is 0. The SMILES string of the molecule is CC(Br)C(Br)C(=O)CBr. The van der Waals surface area contributed by atoms with Gasteiger partial charge in [-0.2, -0.15) is 0 Å². The molecule has 0 rings (SSSR count). The van der Waals surface area contributed by atoms with Gasteiger partial charge >= 0.3 is 0 Å². The number of alkyl halides is 3. The first-order valence-electron chi connectivity index (χ1n) is 2.46. The molecule has 9 heavy (non-hydrogen) atoms.